The summed E-state index contributed by atoms with van der Waals surface area (Å²) in [5, 5.41) is 11.5. The van der Waals surface area contributed by atoms with Gasteiger partial charge in [-0.2, -0.15) is 4.39 Å². The Hall–Kier alpha value is -1.75. The predicted octanol–water partition coefficient (Wildman–Crippen LogP) is 1.15. The number of nitrogens with one attached hydrogen (secondary N) is 1. The van der Waals surface area contributed by atoms with Crippen molar-refractivity contribution in [2.24, 2.45) is 0 Å². The van der Waals surface area contributed by atoms with Crippen LogP contribution in [0.1, 0.15) is 15.9 Å². The number of aromatic nitrogens is 1. The summed E-state index contributed by atoms with van der Waals surface area (Å²) < 4.78 is 12.9. The van der Waals surface area contributed by atoms with Crippen molar-refractivity contribution in [1.82, 2.24) is 10.3 Å². The van der Waals surface area contributed by atoms with Crippen molar-refractivity contribution >= 4 is 12.0 Å². The largest absolute Gasteiger partial charge is 0.478 e. The lowest BCUT2D eigenvalue weighted by Crippen LogP contribution is -2.04. The van der Waals surface area contributed by atoms with E-state index in [0.29, 0.717) is 12.1 Å². The van der Waals surface area contributed by atoms with Gasteiger partial charge in [0, 0.05) is 12.7 Å². The molecule has 5 heteroatoms. The topological polar surface area (TPSA) is 62.2 Å². The van der Waals surface area contributed by atoms with E-state index >= 15 is 0 Å². The third-order valence-corrected chi connectivity index (χ3v) is 1.72. The third-order valence-electron chi connectivity index (χ3n) is 1.72. The molecule has 0 saturated heterocycles. The van der Waals surface area contributed by atoms with Gasteiger partial charge in [-0.15, -0.1) is 0 Å². The van der Waals surface area contributed by atoms with E-state index in [1.807, 2.05) is 0 Å². The molecule has 0 saturated carbocycles. The van der Waals surface area contributed by atoms with Crippen molar-refractivity contribution < 1.29 is 14.3 Å². The Balaban J connectivity index is 2.92. The molecule has 0 spiro atoms. The molecule has 0 bridgehead atoms. The highest BCUT2D eigenvalue weighted by molar-refractivity contribution is 5.88. The van der Waals surface area contributed by atoms with E-state index in [9.17, 15) is 9.18 Å². The van der Waals surface area contributed by atoms with Gasteiger partial charge in [-0.1, -0.05) is 12.2 Å². The molecule has 0 aromatic carbocycles. The first-order valence-corrected chi connectivity index (χ1v) is 4.35. The van der Waals surface area contributed by atoms with Crippen LogP contribution in [-0.4, -0.2) is 29.7 Å². The summed E-state index contributed by atoms with van der Waals surface area (Å²) in [7, 11) is 1.79. The van der Waals surface area contributed by atoms with E-state index in [1.165, 1.54) is 12.3 Å². The van der Waals surface area contributed by atoms with E-state index in [0.717, 1.165) is 0 Å². The average Bonchev–Trinajstić information content (AvgIpc) is 2.20. The van der Waals surface area contributed by atoms with Crippen LogP contribution >= 0.6 is 0 Å². The van der Waals surface area contributed by atoms with Crippen LogP contribution < -0.4 is 5.32 Å². The Labute approximate surface area is 86.5 Å². The summed E-state index contributed by atoms with van der Waals surface area (Å²) in [4.78, 5) is 13.9. The van der Waals surface area contributed by atoms with E-state index in [4.69, 9.17) is 5.11 Å². The molecule has 2 N–H and O–H groups in total. The third kappa shape index (κ3) is 3.14. The number of aromatic carboxylic acids is 1. The maximum Gasteiger partial charge on any atom is 0.340 e. The van der Waals surface area contributed by atoms with Gasteiger partial charge in [0.2, 0.25) is 5.95 Å². The zero-order valence-electron chi connectivity index (χ0n) is 8.20. The van der Waals surface area contributed by atoms with Crippen LogP contribution in [0.15, 0.2) is 18.3 Å². The molecule has 1 rings (SSSR count). The monoisotopic (exact) mass is 210 g/mol. The number of likely N-dealkylation sites (N-methyl/N-ethyl adjacent to an activating group) is 1. The molecule has 4 nitrogen and oxygen atoms in total. The molecule has 1 aromatic rings. The molecule has 0 aliphatic rings. The van der Waals surface area contributed by atoms with Gasteiger partial charge in [-0.05, 0) is 18.7 Å². The smallest absolute Gasteiger partial charge is 0.340 e. The second-order valence-electron chi connectivity index (χ2n) is 2.87. The summed E-state index contributed by atoms with van der Waals surface area (Å²) in [6.07, 6.45) is 4.75. The fraction of sp³-hybridized carbons (Fsp3) is 0.200. The van der Waals surface area contributed by atoms with Crippen molar-refractivity contribution in [1.29, 1.82) is 0 Å². The maximum absolute atomic E-state index is 12.9. The summed E-state index contributed by atoms with van der Waals surface area (Å²) in [6.45, 7) is 0.653. The van der Waals surface area contributed by atoms with E-state index in [2.05, 4.69) is 10.3 Å². The van der Waals surface area contributed by atoms with Crippen LogP contribution in [0.2, 0.25) is 0 Å². The van der Waals surface area contributed by atoms with Crippen molar-refractivity contribution in [3.63, 3.8) is 0 Å². The Morgan fingerprint density at radius 2 is 2.47 bits per heavy atom. The molecule has 15 heavy (non-hydrogen) atoms. The minimum atomic E-state index is -1.32. The predicted molar refractivity (Wildman–Crippen MR) is 54.1 cm³/mol. The highest BCUT2D eigenvalue weighted by atomic mass is 19.1. The molecule has 0 atom stereocenters. The highest BCUT2D eigenvalue weighted by Crippen LogP contribution is 2.08. The number of carbonyl (C=O) groups is 1. The maximum atomic E-state index is 12.9. The molecule has 0 unspecified atom stereocenters. The van der Waals surface area contributed by atoms with Crippen molar-refractivity contribution in [3.8, 4) is 0 Å². The summed E-state index contributed by atoms with van der Waals surface area (Å²) in [5.41, 5.74) is 0.144. The number of carboxylic acids is 1. The molecule has 0 radical (unpaired) electrons. The first-order chi connectivity index (χ1) is 7.15. The van der Waals surface area contributed by atoms with Crippen LogP contribution in [0.3, 0.4) is 0 Å². The Kier molecular flexibility index (Phi) is 3.93. The van der Waals surface area contributed by atoms with Gasteiger partial charge in [0.15, 0.2) is 0 Å². The molecule has 0 aliphatic carbocycles. The van der Waals surface area contributed by atoms with Crippen LogP contribution in [0, 0.1) is 5.95 Å². The van der Waals surface area contributed by atoms with Gasteiger partial charge in [0.05, 0.1) is 0 Å². The average molecular weight is 210 g/mol. The lowest BCUT2D eigenvalue weighted by Gasteiger charge is -1.98. The van der Waals surface area contributed by atoms with Gasteiger partial charge in [0.1, 0.15) is 5.56 Å². The molecule has 1 aromatic heterocycles. The molecular weight excluding hydrogens is 199 g/mol. The number of rotatable bonds is 4. The Morgan fingerprint density at radius 3 is 3.07 bits per heavy atom. The lowest BCUT2D eigenvalue weighted by atomic mass is 10.2. The van der Waals surface area contributed by atoms with Crippen molar-refractivity contribution in [3.05, 3.63) is 35.4 Å². The first-order valence-electron chi connectivity index (χ1n) is 4.35. The lowest BCUT2D eigenvalue weighted by molar-refractivity contribution is 0.0690. The van der Waals surface area contributed by atoms with E-state index in [1.54, 1.807) is 19.2 Å². The molecule has 0 fully saturated rings. The first kappa shape index (κ1) is 11.3. The Bertz CT molecular complexity index is 391. The number of carboxylic acid groups (broad SMARTS) is 1. The quantitative estimate of drug-likeness (QED) is 0.732. The van der Waals surface area contributed by atoms with E-state index < -0.39 is 17.5 Å². The normalized spacial score (nSPS) is 10.8. The molecule has 0 amide bonds. The van der Waals surface area contributed by atoms with Crippen molar-refractivity contribution in [2.45, 2.75) is 0 Å². The molecular formula is C10H11FN2O2. The zero-order chi connectivity index (χ0) is 11.3. The number of hydrogen-bond acceptors (Lipinski definition) is 3. The van der Waals surface area contributed by atoms with Crippen LogP contribution in [0.25, 0.3) is 6.08 Å². The highest BCUT2D eigenvalue weighted by Gasteiger charge is 2.10. The minimum absolute atomic E-state index is 0.415. The minimum Gasteiger partial charge on any atom is -0.478 e. The van der Waals surface area contributed by atoms with Gasteiger partial charge < -0.3 is 10.4 Å². The van der Waals surface area contributed by atoms with Crippen LogP contribution in [0.5, 0.6) is 0 Å². The molecule has 0 aliphatic heterocycles. The fourth-order valence-corrected chi connectivity index (χ4v) is 1.02. The number of pyridine rings is 1. The second kappa shape index (κ2) is 5.21. The van der Waals surface area contributed by atoms with Gasteiger partial charge in [-0.3, -0.25) is 0 Å². The molecule has 80 valence electrons. The number of hydrogen-bond donors (Lipinski definition) is 2. The van der Waals surface area contributed by atoms with Crippen LogP contribution in [-0.2, 0) is 0 Å². The Morgan fingerprint density at radius 1 is 1.73 bits per heavy atom. The number of halogens is 1. The molecule has 1 heterocycles. The van der Waals surface area contributed by atoms with Gasteiger partial charge >= 0.3 is 5.97 Å². The summed E-state index contributed by atoms with van der Waals surface area (Å²) in [6, 6.07) is 1.25. The van der Waals surface area contributed by atoms with Crippen LogP contribution in [0.4, 0.5) is 4.39 Å². The summed E-state index contributed by atoms with van der Waals surface area (Å²) in [5.74, 6) is -2.28. The van der Waals surface area contributed by atoms with Gasteiger partial charge in [0.25, 0.3) is 0 Å². The van der Waals surface area contributed by atoms with Crippen molar-refractivity contribution in [2.75, 3.05) is 13.6 Å². The van der Waals surface area contributed by atoms with Gasteiger partial charge in [-0.25, -0.2) is 9.78 Å². The fourth-order valence-electron chi connectivity index (χ4n) is 1.02. The summed E-state index contributed by atoms with van der Waals surface area (Å²) >= 11 is 0. The van der Waals surface area contributed by atoms with E-state index in [-0.39, 0.29) is 0 Å². The second-order valence-corrected chi connectivity index (χ2v) is 2.87. The number of nitrogens with zero attached hydrogens (tertiary/aromatic N) is 1. The zero-order valence-corrected chi connectivity index (χ0v) is 8.20. The standard InChI is InChI=1S/C10H11FN2O2/c1-12-4-2-3-7-5-8(10(14)15)9(11)13-6-7/h2-3,5-6,12H,4H2,1H3,(H,14,15). The SMILES string of the molecule is CNCC=Cc1cnc(F)c(C(=O)O)c1.